The number of hydrogen-bond donors (Lipinski definition) is 1. The molecule has 2 heterocycles. The Bertz CT molecular complexity index is 755. The van der Waals surface area contributed by atoms with Gasteiger partial charge in [0.1, 0.15) is 0 Å². The third kappa shape index (κ3) is 3.59. The fraction of sp³-hybridized carbons (Fsp3) is 0.333. The Hall–Kier alpha value is -2.02. The van der Waals surface area contributed by atoms with Gasteiger partial charge in [-0.05, 0) is 34.8 Å². The van der Waals surface area contributed by atoms with Gasteiger partial charge in [0.05, 0.1) is 17.6 Å². The molecule has 0 aromatic carbocycles. The van der Waals surface area contributed by atoms with Gasteiger partial charge < -0.3 is 5.32 Å². The van der Waals surface area contributed by atoms with Gasteiger partial charge in [-0.1, -0.05) is 0 Å². The molecular weight excluding hydrogens is 348 g/mol. The number of nitrogens with zero attached hydrogens (tertiary/aromatic N) is 3. The third-order valence-electron chi connectivity index (χ3n) is 3.50. The summed E-state index contributed by atoms with van der Waals surface area (Å²) in [5.41, 5.74) is 1.28. The molecule has 2 aromatic rings. The molecule has 2 aromatic heterocycles. The molecule has 3 rings (SSSR count). The predicted molar refractivity (Wildman–Crippen MR) is 84.7 cm³/mol. The van der Waals surface area contributed by atoms with Crippen LogP contribution in [0.4, 0.5) is 0 Å². The fourth-order valence-electron chi connectivity index (χ4n) is 2.14. The van der Waals surface area contributed by atoms with Crippen LogP contribution in [0, 0.1) is 0 Å². The summed E-state index contributed by atoms with van der Waals surface area (Å²) in [6.45, 7) is 0.750. The summed E-state index contributed by atoms with van der Waals surface area (Å²) in [6, 6.07) is 3.29. The van der Waals surface area contributed by atoms with Crippen LogP contribution in [-0.4, -0.2) is 27.0 Å². The number of amides is 1. The molecule has 114 valence electrons. The van der Waals surface area contributed by atoms with Crippen molar-refractivity contribution in [2.24, 2.45) is 0 Å². The van der Waals surface area contributed by atoms with Crippen LogP contribution >= 0.6 is 15.9 Å². The van der Waals surface area contributed by atoms with E-state index < -0.39 is 0 Å². The lowest BCUT2D eigenvalue weighted by Crippen LogP contribution is -2.31. The van der Waals surface area contributed by atoms with Gasteiger partial charge in [0.15, 0.2) is 0 Å². The zero-order valence-corrected chi connectivity index (χ0v) is 13.4. The maximum Gasteiger partial charge on any atom is 0.253 e. The average molecular weight is 363 g/mol. The van der Waals surface area contributed by atoms with Crippen LogP contribution in [0.3, 0.4) is 0 Å². The molecule has 0 aliphatic heterocycles. The van der Waals surface area contributed by atoms with Gasteiger partial charge in [-0.15, -0.1) is 0 Å². The quantitative estimate of drug-likeness (QED) is 0.878. The van der Waals surface area contributed by atoms with E-state index in [0.29, 0.717) is 24.6 Å². The SMILES string of the molecule is O=C(NCCn1cnc(C2CC2)cc1=O)c1cncc(Br)c1. The van der Waals surface area contributed by atoms with Crippen LogP contribution < -0.4 is 10.9 Å². The van der Waals surface area contributed by atoms with E-state index in [1.165, 1.54) is 10.8 Å². The maximum absolute atomic E-state index is 12.0. The number of carbonyl (C=O) groups is 1. The van der Waals surface area contributed by atoms with Gasteiger partial charge in [0.25, 0.3) is 11.5 Å². The van der Waals surface area contributed by atoms with E-state index in [9.17, 15) is 9.59 Å². The van der Waals surface area contributed by atoms with Crippen molar-refractivity contribution in [2.45, 2.75) is 25.3 Å². The zero-order valence-electron chi connectivity index (χ0n) is 11.8. The lowest BCUT2D eigenvalue weighted by atomic mass is 10.2. The minimum Gasteiger partial charge on any atom is -0.350 e. The minimum absolute atomic E-state index is 0.0738. The van der Waals surface area contributed by atoms with Crippen LogP contribution in [0.25, 0.3) is 0 Å². The summed E-state index contributed by atoms with van der Waals surface area (Å²) in [5.74, 6) is 0.246. The number of halogens is 1. The third-order valence-corrected chi connectivity index (χ3v) is 3.94. The molecule has 1 amide bonds. The smallest absolute Gasteiger partial charge is 0.253 e. The van der Waals surface area contributed by atoms with E-state index in [-0.39, 0.29) is 11.5 Å². The molecule has 0 radical (unpaired) electrons. The molecule has 1 aliphatic carbocycles. The normalized spacial score (nSPS) is 13.9. The number of nitrogens with one attached hydrogen (secondary N) is 1. The molecule has 0 spiro atoms. The summed E-state index contributed by atoms with van der Waals surface area (Å²) >= 11 is 3.27. The lowest BCUT2D eigenvalue weighted by Gasteiger charge is -2.08. The first-order chi connectivity index (χ1) is 10.6. The first kappa shape index (κ1) is 14.9. The van der Waals surface area contributed by atoms with Crippen molar-refractivity contribution in [1.29, 1.82) is 0 Å². The van der Waals surface area contributed by atoms with E-state index in [1.54, 1.807) is 24.7 Å². The first-order valence-corrected chi connectivity index (χ1v) is 7.88. The van der Waals surface area contributed by atoms with E-state index in [4.69, 9.17) is 0 Å². The molecule has 22 heavy (non-hydrogen) atoms. The lowest BCUT2D eigenvalue weighted by molar-refractivity contribution is 0.0951. The molecule has 0 unspecified atom stereocenters. The standard InChI is InChI=1S/C15H15BrN4O2/c16-12-5-11(7-17-8-12)15(22)18-3-4-20-9-19-13(6-14(20)21)10-1-2-10/h5-10H,1-4H2,(H,18,22). The fourth-order valence-corrected chi connectivity index (χ4v) is 2.50. The minimum atomic E-state index is -0.218. The van der Waals surface area contributed by atoms with E-state index >= 15 is 0 Å². The van der Waals surface area contributed by atoms with Gasteiger partial charge in [0, 0.05) is 41.9 Å². The molecule has 6 nitrogen and oxygen atoms in total. The van der Waals surface area contributed by atoms with E-state index in [2.05, 4.69) is 31.2 Å². The van der Waals surface area contributed by atoms with Crippen molar-refractivity contribution in [3.63, 3.8) is 0 Å². The van der Waals surface area contributed by atoms with E-state index in [0.717, 1.165) is 23.0 Å². The van der Waals surface area contributed by atoms with Crippen LogP contribution in [-0.2, 0) is 6.54 Å². The largest absolute Gasteiger partial charge is 0.350 e. The molecule has 0 bridgehead atoms. The van der Waals surface area contributed by atoms with Gasteiger partial charge >= 0.3 is 0 Å². The van der Waals surface area contributed by atoms with Crippen LogP contribution in [0.2, 0.25) is 0 Å². The second-order valence-corrected chi connectivity index (χ2v) is 6.18. The number of pyridine rings is 1. The van der Waals surface area contributed by atoms with Gasteiger partial charge in [-0.3, -0.25) is 19.1 Å². The molecular formula is C15H15BrN4O2. The van der Waals surface area contributed by atoms with E-state index in [1.807, 2.05) is 0 Å². The molecule has 1 saturated carbocycles. The summed E-state index contributed by atoms with van der Waals surface area (Å²) in [7, 11) is 0. The number of hydrogen-bond acceptors (Lipinski definition) is 4. The highest BCUT2D eigenvalue weighted by Gasteiger charge is 2.25. The summed E-state index contributed by atoms with van der Waals surface area (Å²) in [6.07, 6.45) is 6.91. The highest BCUT2D eigenvalue weighted by Crippen LogP contribution is 2.38. The molecule has 0 atom stereocenters. The summed E-state index contributed by atoms with van der Waals surface area (Å²) < 4.78 is 2.25. The van der Waals surface area contributed by atoms with Crippen molar-refractivity contribution in [3.05, 3.63) is 56.9 Å². The number of aromatic nitrogens is 3. The van der Waals surface area contributed by atoms with Gasteiger partial charge in [0.2, 0.25) is 0 Å². The van der Waals surface area contributed by atoms with Crippen LogP contribution in [0.5, 0.6) is 0 Å². The Morgan fingerprint density at radius 1 is 1.36 bits per heavy atom. The van der Waals surface area contributed by atoms with Gasteiger partial charge in [-0.25, -0.2) is 4.98 Å². The predicted octanol–water partition coefficient (Wildman–Crippen LogP) is 1.71. The zero-order chi connectivity index (χ0) is 15.5. The molecule has 0 saturated heterocycles. The second kappa shape index (κ2) is 6.39. The first-order valence-electron chi connectivity index (χ1n) is 7.08. The second-order valence-electron chi connectivity index (χ2n) is 5.27. The number of rotatable bonds is 5. The monoisotopic (exact) mass is 362 g/mol. The van der Waals surface area contributed by atoms with Crippen molar-refractivity contribution in [2.75, 3.05) is 6.54 Å². The summed E-state index contributed by atoms with van der Waals surface area (Å²) in [4.78, 5) is 32.2. The van der Waals surface area contributed by atoms with Crippen molar-refractivity contribution in [1.82, 2.24) is 19.9 Å². The Morgan fingerprint density at radius 2 is 2.18 bits per heavy atom. The Kier molecular flexibility index (Phi) is 4.33. The average Bonchev–Trinajstić information content (AvgIpc) is 3.33. The van der Waals surface area contributed by atoms with Crippen molar-refractivity contribution < 1.29 is 4.79 Å². The maximum atomic E-state index is 12.0. The van der Waals surface area contributed by atoms with Gasteiger partial charge in [-0.2, -0.15) is 0 Å². The molecule has 1 fully saturated rings. The topological polar surface area (TPSA) is 76.9 Å². The van der Waals surface area contributed by atoms with Crippen LogP contribution in [0.1, 0.15) is 34.8 Å². The van der Waals surface area contributed by atoms with Crippen LogP contribution in [0.15, 0.2) is 40.1 Å². The summed E-state index contributed by atoms with van der Waals surface area (Å²) in [5, 5.41) is 2.76. The number of carbonyl (C=O) groups excluding carboxylic acids is 1. The molecule has 1 aliphatic rings. The van der Waals surface area contributed by atoms with Crippen molar-refractivity contribution >= 4 is 21.8 Å². The molecule has 1 N–H and O–H groups in total. The Balaban J connectivity index is 1.56. The highest BCUT2D eigenvalue weighted by atomic mass is 79.9. The Morgan fingerprint density at radius 3 is 2.86 bits per heavy atom. The Labute approximate surface area is 135 Å². The molecule has 7 heteroatoms. The van der Waals surface area contributed by atoms with Crippen molar-refractivity contribution in [3.8, 4) is 0 Å². The highest BCUT2D eigenvalue weighted by molar-refractivity contribution is 9.10.